The average Bonchev–Trinajstić information content (AvgIpc) is 2.77. The van der Waals surface area contributed by atoms with Gasteiger partial charge in [0.15, 0.2) is 5.17 Å². The van der Waals surface area contributed by atoms with E-state index >= 15 is 0 Å². The number of aliphatic imine (C=N–C) groups is 1. The van der Waals surface area contributed by atoms with Crippen LogP contribution in [0, 0.1) is 0 Å². The van der Waals surface area contributed by atoms with E-state index in [-0.39, 0.29) is 5.97 Å². The normalized spacial score (nSPS) is 15.8. The summed E-state index contributed by atoms with van der Waals surface area (Å²) in [4.78, 5) is 19.6. The molecule has 0 fully saturated rings. The number of methoxy groups -OCH3 is 1. The van der Waals surface area contributed by atoms with Crippen molar-refractivity contribution in [3.05, 3.63) is 70.9 Å². The smallest absolute Gasteiger partial charge is 0.338 e. The number of carbonyl (C=O) groups excluding carboxylic acids is 1. The van der Waals surface area contributed by atoms with Gasteiger partial charge in [-0.15, -0.1) is 0 Å². The van der Waals surface area contributed by atoms with Gasteiger partial charge in [-0.1, -0.05) is 36.0 Å². The van der Waals surface area contributed by atoms with Gasteiger partial charge in [0.2, 0.25) is 0 Å². The molecule has 2 aromatic carbocycles. The number of hydrogen-bond donors (Lipinski definition) is 1. The SMILES string of the molecule is CCOC(=O)C1=C(C)NC(SCc2ccc(OC)cc2)=N[C@@H]1c1ccc(N(C)C)cc1. The van der Waals surface area contributed by atoms with Gasteiger partial charge in [0.25, 0.3) is 0 Å². The average molecular weight is 440 g/mol. The van der Waals surface area contributed by atoms with E-state index < -0.39 is 6.04 Å². The third-order valence-corrected chi connectivity index (χ3v) is 5.93. The molecule has 31 heavy (non-hydrogen) atoms. The number of thioether (sulfide) groups is 1. The number of allylic oxidation sites excluding steroid dienone is 1. The highest BCUT2D eigenvalue weighted by Crippen LogP contribution is 2.34. The van der Waals surface area contributed by atoms with Crippen molar-refractivity contribution in [1.82, 2.24) is 5.32 Å². The first kappa shape index (κ1) is 22.7. The summed E-state index contributed by atoms with van der Waals surface area (Å²) in [5.74, 6) is 1.25. The fourth-order valence-electron chi connectivity index (χ4n) is 3.26. The summed E-state index contributed by atoms with van der Waals surface area (Å²) >= 11 is 1.60. The molecule has 2 aromatic rings. The Bertz CT molecular complexity index is 967. The van der Waals surface area contributed by atoms with E-state index in [1.165, 1.54) is 5.56 Å². The first-order valence-corrected chi connectivity index (χ1v) is 11.2. The molecule has 0 saturated carbocycles. The molecule has 1 aliphatic heterocycles. The number of esters is 1. The second-order valence-corrected chi connectivity index (χ2v) is 8.31. The highest BCUT2D eigenvalue weighted by atomic mass is 32.2. The molecule has 0 aromatic heterocycles. The fourth-order valence-corrected chi connectivity index (χ4v) is 4.16. The molecule has 0 aliphatic carbocycles. The molecule has 1 N–H and O–H groups in total. The molecule has 0 amide bonds. The van der Waals surface area contributed by atoms with Crippen LogP contribution in [0.4, 0.5) is 5.69 Å². The lowest BCUT2D eigenvalue weighted by Crippen LogP contribution is -2.30. The zero-order valence-corrected chi connectivity index (χ0v) is 19.5. The van der Waals surface area contributed by atoms with E-state index in [2.05, 4.69) is 5.32 Å². The van der Waals surface area contributed by atoms with Crippen molar-refractivity contribution in [3.63, 3.8) is 0 Å². The van der Waals surface area contributed by atoms with Crippen molar-refractivity contribution in [2.24, 2.45) is 4.99 Å². The summed E-state index contributed by atoms with van der Waals surface area (Å²) < 4.78 is 10.5. The third kappa shape index (κ3) is 5.61. The lowest BCUT2D eigenvalue weighted by molar-refractivity contribution is -0.138. The second kappa shape index (κ2) is 10.4. The number of hydrogen-bond acceptors (Lipinski definition) is 7. The molecule has 1 atom stereocenters. The number of ether oxygens (including phenoxy) is 2. The first-order chi connectivity index (χ1) is 14.9. The molecule has 0 spiro atoms. The molecule has 0 unspecified atom stereocenters. The van der Waals surface area contributed by atoms with Crippen LogP contribution in [0.25, 0.3) is 0 Å². The zero-order valence-electron chi connectivity index (χ0n) is 18.6. The number of nitrogens with zero attached hydrogens (tertiary/aromatic N) is 2. The Balaban J connectivity index is 1.85. The molecule has 6 nitrogen and oxygen atoms in total. The van der Waals surface area contributed by atoms with E-state index in [1.807, 2.05) is 81.4 Å². The van der Waals surface area contributed by atoms with Crippen molar-refractivity contribution in [2.75, 3.05) is 32.7 Å². The van der Waals surface area contributed by atoms with Crippen LogP contribution >= 0.6 is 11.8 Å². The van der Waals surface area contributed by atoms with Gasteiger partial charge in [-0.3, -0.25) is 0 Å². The van der Waals surface area contributed by atoms with E-state index in [0.717, 1.165) is 33.6 Å². The van der Waals surface area contributed by atoms with Gasteiger partial charge in [-0.25, -0.2) is 9.79 Å². The van der Waals surface area contributed by atoms with Gasteiger partial charge in [0, 0.05) is 31.2 Å². The molecular weight excluding hydrogens is 410 g/mol. The largest absolute Gasteiger partial charge is 0.497 e. The molecule has 0 radical (unpaired) electrons. The Morgan fingerprint density at radius 3 is 2.39 bits per heavy atom. The Morgan fingerprint density at radius 2 is 1.81 bits per heavy atom. The first-order valence-electron chi connectivity index (χ1n) is 10.2. The topological polar surface area (TPSA) is 63.2 Å². The predicted octanol–water partition coefficient (Wildman–Crippen LogP) is 4.53. The quantitative estimate of drug-likeness (QED) is 0.640. The number of amidine groups is 1. The number of nitrogens with one attached hydrogen (secondary N) is 1. The second-order valence-electron chi connectivity index (χ2n) is 7.34. The summed E-state index contributed by atoms with van der Waals surface area (Å²) in [5.41, 5.74) is 4.53. The minimum atomic E-state index is -0.408. The number of rotatable bonds is 7. The summed E-state index contributed by atoms with van der Waals surface area (Å²) in [7, 11) is 5.66. The van der Waals surface area contributed by atoms with Crippen LogP contribution in [0.1, 0.15) is 31.0 Å². The van der Waals surface area contributed by atoms with Crippen molar-refractivity contribution in [3.8, 4) is 5.75 Å². The summed E-state index contributed by atoms with van der Waals surface area (Å²) in [5, 5.41) is 4.07. The minimum absolute atomic E-state index is 0.324. The summed E-state index contributed by atoms with van der Waals surface area (Å²) in [6.45, 7) is 4.03. The zero-order chi connectivity index (χ0) is 22.4. The lowest BCUT2D eigenvalue weighted by Gasteiger charge is -2.26. The maximum atomic E-state index is 12.7. The van der Waals surface area contributed by atoms with Gasteiger partial charge in [-0.05, 0) is 49.2 Å². The molecule has 164 valence electrons. The monoisotopic (exact) mass is 439 g/mol. The van der Waals surface area contributed by atoms with Gasteiger partial charge in [-0.2, -0.15) is 0 Å². The molecule has 1 heterocycles. The van der Waals surface area contributed by atoms with E-state index in [1.54, 1.807) is 18.9 Å². The molecular formula is C24H29N3O3S. The molecule has 1 aliphatic rings. The van der Waals surface area contributed by atoms with Crippen LogP contribution < -0.4 is 15.0 Å². The summed E-state index contributed by atoms with van der Waals surface area (Å²) in [6, 6.07) is 15.7. The van der Waals surface area contributed by atoms with Crippen LogP contribution in [0.2, 0.25) is 0 Å². The van der Waals surface area contributed by atoms with Crippen molar-refractivity contribution in [2.45, 2.75) is 25.6 Å². The Hall–Kier alpha value is -2.93. The van der Waals surface area contributed by atoms with Crippen LogP contribution in [0.3, 0.4) is 0 Å². The van der Waals surface area contributed by atoms with E-state index in [9.17, 15) is 4.79 Å². The van der Waals surface area contributed by atoms with Crippen LogP contribution in [-0.2, 0) is 15.3 Å². The van der Waals surface area contributed by atoms with E-state index in [0.29, 0.717) is 12.2 Å². The highest BCUT2D eigenvalue weighted by molar-refractivity contribution is 8.13. The molecule has 0 bridgehead atoms. The Kier molecular flexibility index (Phi) is 7.63. The fraction of sp³-hybridized carbons (Fsp3) is 0.333. The van der Waals surface area contributed by atoms with Gasteiger partial charge in [0.1, 0.15) is 11.8 Å². The van der Waals surface area contributed by atoms with Crippen molar-refractivity contribution in [1.29, 1.82) is 0 Å². The van der Waals surface area contributed by atoms with Crippen LogP contribution in [0.5, 0.6) is 5.75 Å². The third-order valence-electron chi connectivity index (χ3n) is 4.97. The van der Waals surface area contributed by atoms with Crippen LogP contribution in [-0.4, -0.2) is 38.9 Å². The lowest BCUT2D eigenvalue weighted by atomic mass is 9.96. The van der Waals surface area contributed by atoms with Crippen molar-refractivity contribution < 1.29 is 14.3 Å². The standard InChI is InChI=1S/C24H29N3O3S/c1-6-30-23(28)21-16(2)25-24(31-15-17-7-13-20(29-5)14-8-17)26-22(21)18-9-11-19(12-10-18)27(3)4/h7-14,22H,6,15H2,1-5H3,(H,25,26)/t22-/m1/s1. The van der Waals surface area contributed by atoms with E-state index in [4.69, 9.17) is 14.5 Å². The highest BCUT2D eigenvalue weighted by Gasteiger charge is 2.30. The number of carbonyl (C=O) groups is 1. The number of benzene rings is 2. The number of anilines is 1. The predicted molar refractivity (Wildman–Crippen MR) is 128 cm³/mol. The van der Waals surface area contributed by atoms with Gasteiger partial charge in [0.05, 0.1) is 19.3 Å². The molecule has 0 saturated heterocycles. The van der Waals surface area contributed by atoms with Gasteiger partial charge >= 0.3 is 5.97 Å². The maximum Gasteiger partial charge on any atom is 0.338 e. The Labute approximate surface area is 188 Å². The Morgan fingerprint density at radius 1 is 1.13 bits per heavy atom. The van der Waals surface area contributed by atoms with Gasteiger partial charge < -0.3 is 19.7 Å². The summed E-state index contributed by atoms with van der Waals surface area (Å²) in [6.07, 6.45) is 0. The molecule has 3 rings (SSSR count). The maximum absolute atomic E-state index is 12.7. The van der Waals surface area contributed by atoms with Crippen molar-refractivity contribution >= 4 is 28.6 Å². The van der Waals surface area contributed by atoms with Crippen LogP contribution in [0.15, 0.2) is 64.8 Å². The molecule has 7 heteroatoms. The minimum Gasteiger partial charge on any atom is -0.497 e.